The van der Waals surface area contributed by atoms with Gasteiger partial charge in [-0.25, -0.2) is 0 Å². The standard InChI is InChI=1S/C19H19N5O/c1-12-15(9-20)13-5-2-3-8-18(13)24(12)11-19(25)21-10-17-14-6-4-7-16(14)22-23-17/h2-3,5,8H,4,6-7,10-11H2,1H3,(H,21,25)(H,22,23). The number of nitrogens with zero attached hydrogens (tertiary/aromatic N) is 3. The number of carbonyl (C=O) groups excluding carboxylic acids is 1. The molecular weight excluding hydrogens is 314 g/mol. The molecule has 0 unspecified atom stereocenters. The number of rotatable bonds is 4. The van der Waals surface area contributed by atoms with E-state index < -0.39 is 0 Å². The molecule has 0 saturated carbocycles. The van der Waals surface area contributed by atoms with Crippen molar-refractivity contribution in [3.05, 3.63) is 52.5 Å². The van der Waals surface area contributed by atoms with E-state index >= 15 is 0 Å². The molecule has 0 saturated heterocycles. The molecule has 4 rings (SSSR count). The van der Waals surface area contributed by atoms with Crippen LogP contribution in [0.4, 0.5) is 0 Å². The van der Waals surface area contributed by atoms with E-state index in [0.29, 0.717) is 12.1 Å². The molecule has 6 heteroatoms. The Kier molecular flexibility index (Phi) is 3.77. The summed E-state index contributed by atoms with van der Waals surface area (Å²) in [7, 11) is 0. The molecule has 0 radical (unpaired) electrons. The first-order chi connectivity index (χ1) is 12.2. The summed E-state index contributed by atoms with van der Waals surface area (Å²) in [6, 6.07) is 9.94. The maximum atomic E-state index is 12.4. The molecule has 0 bridgehead atoms. The van der Waals surface area contributed by atoms with Crippen LogP contribution in [-0.4, -0.2) is 20.7 Å². The van der Waals surface area contributed by atoms with Crippen LogP contribution in [0.15, 0.2) is 24.3 Å². The number of aryl methyl sites for hydroxylation is 1. The third-order valence-electron chi connectivity index (χ3n) is 4.99. The number of para-hydroxylation sites is 1. The molecule has 2 heterocycles. The van der Waals surface area contributed by atoms with E-state index in [1.54, 1.807) is 0 Å². The number of nitrogens with one attached hydrogen (secondary N) is 2. The monoisotopic (exact) mass is 333 g/mol. The second kappa shape index (κ2) is 6.10. The van der Waals surface area contributed by atoms with Crippen molar-refractivity contribution in [2.45, 2.75) is 39.3 Å². The Balaban J connectivity index is 1.52. The van der Waals surface area contributed by atoms with Gasteiger partial charge in [-0.2, -0.15) is 10.4 Å². The van der Waals surface area contributed by atoms with Crippen LogP contribution in [0.5, 0.6) is 0 Å². The highest BCUT2D eigenvalue weighted by atomic mass is 16.1. The number of H-pyrrole nitrogens is 1. The highest BCUT2D eigenvalue weighted by molar-refractivity contribution is 5.89. The van der Waals surface area contributed by atoms with E-state index in [1.165, 1.54) is 11.3 Å². The summed E-state index contributed by atoms with van der Waals surface area (Å²) in [5, 5.41) is 20.6. The second-order valence-electron chi connectivity index (χ2n) is 6.43. The number of fused-ring (bicyclic) bond motifs is 2. The SMILES string of the molecule is Cc1c(C#N)c2ccccc2n1CC(=O)NCc1n[nH]c2c1CCC2. The van der Waals surface area contributed by atoms with Crippen LogP contribution in [0.25, 0.3) is 10.9 Å². The van der Waals surface area contributed by atoms with Gasteiger partial charge in [-0.15, -0.1) is 0 Å². The Morgan fingerprint density at radius 1 is 1.40 bits per heavy atom. The third-order valence-corrected chi connectivity index (χ3v) is 4.99. The fraction of sp³-hybridized carbons (Fsp3) is 0.316. The Morgan fingerprint density at radius 2 is 2.24 bits per heavy atom. The van der Waals surface area contributed by atoms with Gasteiger partial charge in [0, 0.05) is 16.8 Å². The zero-order valence-corrected chi connectivity index (χ0v) is 14.1. The molecule has 1 amide bonds. The molecule has 3 aromatic rings. The van der Waals surface area contributed by atoms with Gasteiger partial charge in [0.25, 0.3) is 0 Å². The summed E-state index contributed by atoms with van der Waals surface area (Å²) in [6.45, 7) is 2.51. The number of hydrogen-bond acceptors (Lipinski definition) is 3. The molecule has 0 aliphatic heterocycles. The minimum Gasteiger partial charge on any atom is -0.349 e. The normalized spacial score (nSPS) is 13.0. The van der Waals surface area contributed by atoms with E-state index in [9.17, 15) is 10.1 Å². The molecule has 1 aliphatic rings. The average Bonchev–Trinajstić information content (AvgIpc) is 3.28. The first-order valence-electron chi connectivity index (χ1n) is 8.48. The summed E-state index contributed by atoms with van der Waals surface area (Å²) < 4.78 is 1.90. The largest absolute Gasteiger partial charge is 0.349 e. The maximum absolute atomic E-state index is 12.4. The number of benzene rings is 1. The third kappa shape index (κ3) is 2.58. The Labute approximate surface area is 145 Å². The van der Waals surface area contributed by atoms with Gasteiger partial charge in [0.2, 0.25) is 5.91 Å². The van der Waals surface area contributed by atoms with Crippen LogP contribution in [0, 0.1) is 18.3 Å². The van der Waals surface area contributed by atoms with Gasteiger partial charge in [-0.05, 0) is 37.8 Å². The molecule has 0 fully saturated rings. The van der Waals surface area contributed by atoms with Gasteiger partial charge < -0.3 is 9.88 Å². The van der Waals surface area contributed by atoms with Crippen LogP contribution in [0.1, 0.15) is 34.6 Å². The van der Waals surface area contributed by atoms with Gasteiger partial charge >= 0.3 is 0 Å². The fourth-order valence-electron chi connectivity index (χ4n) is 3.69. The van der Waals surface area contributed by atoms with Gasteiger partial charge in [0.1, 0.15) is 12.6 Å². The van der Waals surface area contributed by atoms with Crippen LogP contribution in [0.2, 0.25) is 0 Å². The Morgan fingerprint density at radius 3 is 3.08 bits per heavy atom. The summed E-state index contributed by atoms with van der Waals surface area (Å²) in [5.41, 5.74) is 5.76. The lowest BCUT2D eigenvalue weighted by molar-refractivity contribution is -0.121. The molecule has 0 atom stereocenters. The topological polar surface area (TPSA) is 86.5 Å². The van der Waals surface area contributed by atoms with E-state index in [2.05, 4.69) is 21.6 Å². The van der Waals surface area contributed by atoms with Crippen molar-refractivity contribution >= 4 is 16.8 Å². The summed E-state index contributed by atoms with van der Waals surface area (Å²) >= 11 is 0. The highest BCUT2D eigenvalue weighted by Gasteiger charge is 2.19. The van der Waals surface area contributed by atoms with Crippen LogP contribution < -0.4 is 5.32 Å². The Bertz CT molecular complexity index is 1000. The van der Waals surface area contributed by atoms with E-state index in [-0.39, 0.29) is 12.5 Å². The minimum atomic E-state index is -0.0805. The van der Waals surface area contributed by atoms with E-state index in [1.807, 2.05) is 35.8 Å². The van der Waals surface area contributed by atoms with Gasteiger partial charge in [-0.1, -0.05) is 18.2 Å². The molecule has 2 N–H and O–H groups in total. The van der Waals surface area contributed by atoms with Crippen molar-refractivity contribution in [3.63, 3.8) is 0 Å². The molecule has 1 aromatic carbocycles. The predicted octanol–water partition coefficient (Wildman–Crippen LogP) is 2.35. The van der Waals surface area contributed by atoms with Crippen molar-refractivity contribution in [3.8, 4) is 6.07 Å². The first-order valence-corrected chi connectivity index (χ1v) is 8.48. The first kappa shape index (κ1) is 15.5. The maximum Gasteiger partial charge on any atom is 0.240 e. The van der Waals surface area contributed by atoms with Crippen molar-refractivity contribution in [1.29, 1.82) is 5.26 Å². The molecule has 6 nitrogen and oxygen atoms in total. The number of amides is 1. The summed E-state index contributed by atoms with van der Waals surface area (Å²) in [5.74, 6) is -0.0805. The summed E-state index contributed by atoms with van der Waals surface area (Å²) in [6.07, 6.45) is 3.22. The number of hydrogen-bond donors (Lipinski definition) is 2. The Hall–Kier alpha value is -3.07. The van der Waals surface area contributed by atoms with E-state index in [0.717, 1.165) is 41.6 Å². The lowest BCUT2D eigenvalue weighted by atomic mass is 10.1. The van der Waals surface area contributed by atoms with Crippen LogP contribution in [0.3, 0.4) is 0 Å². The predicted molar refractivity (Wildman–Crippen MR) is 93.8 cm³/mol. The average molecular weight is 333 g/mol. The fourth-order valence-corrected chi connectivity index (χ4v) is 3.69. The second-order valence-corrected chi connectivity index (χ2v) is 6.43. The van der Waals surface area contributed by atoms with Crippen molar-refractivity contribution in [2.24, 2.45) is 0 Å². The minimum absolute atomic E-state index is 0.0805. The highest BCUT2D eigenvalue weighted by Crippen LogP contribution is 2.25. The molecule has 0 spiro atoms. The quantitative estimate of drug-likeness (QED) is 0.768. The van der Waals surface area contributed by atoms with Gasteiger partial charge in [0.05, 0.1) is 23.3 Å². The molecule has 1 aliphatic carbocycles. The molecular formula is C19H19N5O. The van der Waals surface area contributed by atoms with Crippen molar-refractivity contribution < 1.29 is 4.79 Å². The molecule has 25 heavy (non-hydrogen) atoms. The summed E-state index contributed by atoms with van der Waals surface area (Å²) in [4.78, 5) is 12.4. The van der Waals surface area contributed by atoms with Gasteiger partial charge in [0.15, 0.2) is 0 Å². The van der Waals surface area contributed by atoms with Crippen LogP contribution >= 0.6 is 0 Å². The number of carbonyl (C=O) groups is 1. The van der Waals surface area contributed by atoms with Crippen LogP contribution in [-0.2, 0) is 30.7 Å². The number of aromatic amines is 1. The number of nitriles is 1. The lowest BCUT2D eigenvalue weighted by Gasteiger charge is -2.09. The van der Waals surface area contributed by atoms with Gasteiger partial charge in [-0.3, -0.25) is 9.89 Å². The van der Waals surface area contributed by atoms with Crippen molar-refractivity contribution in [1.82, 2.24) is 20.1 Å². The zero-order valence-electron chi connectivity index (χ0n) is 14.1. The lowest BCUT2D eigenvalue weighted by Crippen LogP contribution is -2.28. The molecule has 126 valence electrons. The smallest absolute Gasteiger partial charge is 0.240 e. The number of aromatic nitrogens is 3. The zero-order chi connectivity index (χ0) is 17.4. The van der Waals surface area contributed by atoms with Crippen molar-refractivity contribution in [2.75, 3.05) is 0 Å². The molecule has 2 aromatic heterocycles. The van der Waals surface area contributed by atoms with E-state index in [4.69, 9.17) is 0 Å².